The van der Waals surface area contributed by atoms with Crippen LogP contribution < -0.4 is 9.64 Å². The van der Waals surface area contributed by atoms with E-state index < -0.39 is 0 Å². The number of aryl methyl sites for hydroxylation is 2. The topological polar surface area (TPSA) is 83.0 Å². The third kappa shape index (κ3) is 4.24. The van der Waals surface area contributed by atoms with Crippen LogP contribution in [-0.2, 0) is 14.2 Å². The van der Waals surface area contributed by atoms with Crippen LogP contribution in [0.3, 0.4) is 0 Å². The quantitative estimate of drug-likeness (QED) is 0.706. The molecule has 2 aromatic rings. The Labute approximate surface area is 176 Å². The number of fused-ring (bicyclic) bond motifs is 1. The molecule has 0 saturated carbocycles. The summed E-state index contributed by atoms with van der Waals surface area (Å²) in [4.78, 5) is 22.8. The van der Waals surface area contributed by atoms with E-state index in [9.17, 15) is 4.79 Å². The predicted molar refractivity (Wildman–Crippen MR) is 110 cm³/mol. The van der Waals surface area contributed by atoms with Gasteiger partial charge in [0.05, 0.1) is 25.9 Å². The van der Waals surface area contributed by atoms with Gasteiger partial charge in [-0.3, -0.25) is 0 Å². The molecular formula is C22H27N3O5. The molecule has 4 rings (SSSR count). The number of ether oxygens (including phenoxy) is 4. The Morgan fingerprint density at radius 1 is 1.03 bits per heavy atom. The Balaban J connectivity index is 1.36. The van der Waals surface area contributed by atoms with Gasteiger partial charge in [0.1, 0.15) is 35.7 Å². The Hall–Kier alpha value is -2.71. The van der Waals surface area contributed by atoms with E-state index in [0.29, 0.717) is 24.5 Å². The highest BCUT2D eigenvalue weighted by Gasteiger charge is 2.39. The maximum absolute atomic E-state index is 11.5. The Kier molecular flexibility index (Phi) is 5.87. The van der Waals surface area contributed by atoms with Crippen molar-refractivity contribution < 1.29 is 23.7 Å². The second-order valence-corrected chi connectivity index (χ2v) is 7.71. The Bertz CT molecular complexity index is 902. The van der Waals surface area contributed by atoms with E-state index in [4.69, 9.17) is 18.9 Å². The zero-order valence-corrected chi connectivity index (χ0v) is 17.8. The summed E-state index contributed by atoms with van der Waals surface area (Å²) in [6.07, 6.45) is -0.274. The van der Waals surface area contributed by atoms with Crippen molar-refractivity contribution in [3.8, 4) is 5.75 Å². The molecule has 2 atom stereocenters. The molecule has 0 N–H and O–H groups in total. The van der Waals surface area contributed by atoms with Gasteiger partial charge >= 0.3 is 5.97 Å². The molecule has 0 spiro atoms. The summed E-state index contributed by atoms with van der Waals surface area (Å²) in [5, 5.41) is 0. The standard InChI is InChI=1S/C22H27N3O5/c1-13-14(2)23-15(3)24-21(13)25-9-19-20(10-25)29-12-18(11-28-19)30-17-7-5-16(6-8-17)22(26)27-4/h5-8,18-20H,9-12H2,1-4H3/t19-,20-/m0/s1. The van der Waals surface area contributed by atoms with Crippen LogP contribution in [0.4, 0.5) is 5.82 Å². The van der Waals surface area contributed by atoms with E-state index in [1.165, 1.54) is 7.11 Å². The lowest BCUT2D eigenvalue weighted by Gasteiger charge is -2.22. The first kappa shape index (κ1) is 20.6. The van der Waals surface area contributed by atoms with Gasteiger partial charge in [0.2, 0.25) is 0 Å². The fourth-order valence-electron chi connectivity index (χ4n) is 3.85. The molecule has 2 saturated heterocycles. The average molecular weight is 413 g/mol. The first-order valence-electron chi connectivity index (χ1n) is 10.1. The number of benzene rings is 1. The van der Waals surface area contributed by atoms with Crippen molar-refractivity contribution in [2.75, 3.05) is 38.3 Å². The smallest absolute Gasteiger partial charge is 0.337 e. The highest BCUT2D eigenvalue weighted by Crippen LogP contribution is 2.28. The van der Waals surface area contributed by atoms with Crippen molar-refractivity contribution in [3.05, 3.63) is 46.9 Å². The van der Waals surface area contributed by atoms with E-state index in [0.717, 1.165) is 36.0 Å². The minimum Gasteiger partial charge on any atom is -0.486 e. The van der Waals surface area contributed by atoms with Crippen LogP contribution in [0.15, 0.2) is 24.3 Å². The molecule has 3 heterocycles. The fraction of sp³-hybridized carbons (Fsp3) is 0.500. The summed E-state index contributed by atoms with van der Waals surface area (Å²) in [5.74, 6) is 2.02. The zero-order valence-electron chi connectivity index (χ0n) is 17.8. The molecule has 8 nitrogen and oxygen atoms in total. The summed E-state index contributed by atoms with van der Waals surface area (Å²) in [6, 6.07) is 6.87. The Morgan fingerprint density at radius 2 is 1.67 bits per heavy atom. The molecule has 0 bridgehead atoms. The summed E-state index contributed by atoms with van der Waals surface area (Å²) in [5.41, 5.74) is 2.57. The molecule has 0 aliphatic carbocycles. The van der Waals surface area contributed by atoms with Crippen molar-refractivity contribution in [1.29, 1.82) is 0 Å². The van der Waals surface area contributed by atoms with Crippen molar-refractivity contribution >= 4 is 11.8 Å². The van der Waals surface area contributed by atoms with E-state index >= 15 is 0 Å². The number of rotatable bonds is 4. The van der Waals surface area contributed by atoms with Crippen LogP contribution in [0.25, 0.3) is 0 Å². The van der Waals surface area contributed by atoms with E-state index in [-0.39, 0.29) is 24.3 Å². The summed E-state index contributed by atoms with van der Waals surface area (Å²) < 4.78 is 23.0. The summed E-state index contributed by atoms with van der Waals surface area (Å²) in [6.45, 7) is 8.30. The number of hydrogen-bond donors (Lipinski definition) is 0. The molecule has 2 aliphatic heterocycles. The molecule has 160 valence electrons. The lowest BCUT2D eigenvalue weighted by atomic mass is 10.2. The van der Waals surface area contributed by atoms with Gasteiger partial charge in [-0.05, 0) is 45.0 Å². The third-order valence-electron chi connectivity index (χ3n) is 5.56. The number of anilines is 1. The first-order chi connectivity index (χ1) is 14.4. The molecule has 1 aromatic heterocycles. The zero-order chi connectivity index (χ0) is 21.3. The lowest BCUT2D eigenvalue weighted by Crippen LogP contribution is -2.30. The minimum absolute atomic E-state index is 0.0322. The maximum atomic E-state index is 11.5. The van der Waals surface area contributed by atoms with Gasteiger partial charge in [0, 0.05) is 24.3 Å². The number of carbonyl (C=O) groups excluding carboxylic acids is 1. The van der Waals surface area contributed by atoms with Gasteiger partial charge in [-0.2, -0.15) is 0 Å². The number of nitrogens with zero attached hydrogens (tertiary/aromatic N) is 3. The van der Waals surface area contributed by atoms with Gasteiger partial charge in [-0.1, -0.05) is 0 Å². The summed E-state index contributed by atoms with van der Waals surface area (Å²) >= 11 is 0. The molecule has 2 fully saturated rings. The van der Waals surface area contributed by atoms with E-state index in [1.807, 2.05) is 13.8 Å². The van der Waals surface area contributed by atoms with Crippen LogP contribution in [0.2, 0.25) is 0 Å². The largest absolute Gasteiger partial charge is 0.486 e. The number of carbonyl (C=O) groups is 1. The van der Waals surface area contributed by atoms with Crippen LogP contribution in [0.5, 0.6) is 5.75 Å². The normalized spacial score (nSPS) is 21.8. The van der Waals surface area contributed by atoms with Gasteiger partial charge in [0.25, 0.3) is 0 Å². The maximum Gasteiger partial charge on any atom is 0.337 e. The number of hydrogen-bond acceptors (Lipinski definition) is 8. The third-order valence-corrected chi connectivity index (χ3v) is 5.56. The minimum atomic E-state index is -0.371. The van der Waals surface area contributed by atoms with E-state index in [2.05, 4.69) is 21.8 Å². The van der Waals surface area contributed by atoms with Gasteiger partial charge in [0.15, 0.2) is 0 Å². The molecule has 0 radical (unpaired) electrons. The molecule has 0 unspecified atom stereocenters. The lowest BCUT2D eigenvalue weighted by molar-refractivity contribution is -0.00461. The fourth-order valence-corrected chi connectivity index (χ4v) is 3.85. The second-order valence-electron chi connectivity index (χ2n) is 7.71. The molecule has 30 heavy (non-hydrogen) atoms. The van der Waals surface area contributed by atoms with Crippen molar-refractivity contribution in [3.63, 3.8) is 0 Å². The van der Waals surface area contributed by atoms with Crippen molar-refractivity contribution in [1.82, 2.24) is 9.97 Å². The number of esters is 1. The first-order valence-corrected chi connectivity index (χ1v) is 10.1. The van der Waals surface area contributed by atoms with Crippen molar-refractivity contribution in [2.24, 2.45) is 0 Å². The van der Waals surface area contributed by atoms with Gasteiger partial charge in [-0.25, -0.2) is 14.8 Å². The van der Waals surface area contributed by atoms with Crippen LogP contribution in [0.1, 0.15) is 27.4 Å². The molecule has 2 aliphatic rings. The second kappa shape index (κ2) is 8.57. The number of methoxy groups -OCH3 is 1. The predicted octanol–water partition coefficient (Wildman–Crippen LogP) is 2.24. The van der Waals surface area contributed by atoms with Crippen LogP contribution >= 0.6 is 0 Å². The highest BCUT2D eigenvalue weighted by atomic mass is 16.6. The van der Waals surface area contributed by atoms with Crippen molar-refractivity contribution in [2.45, 2.75) is 39.1 Å². The Morgan fingerprint density at radius 3 is 2.27 bits per heavy atom. The van der Waals surface area contributed by atoms with Gasteiger partial charge in [-0.15, -0.1) is 0 Å². The number of aromatic nitrogens is 2. The average Bonchev–Trinajstić information content (AvgIpc) is 3.06. The molecule has 8 heteroatoms. The van der Waals surface area contributed by atoms with Crippen LogP contribution in [-0.4, -0.2) is 67.7 Å². The highest BCUT2D eigenvalue weighted by molar-refractivity contribution is 5.89. The molecule has 0 amide bonds. The van der Waals surface area contributed by atoms with E-state index in [1.54, 1.807) is 24.3 Å². The van der Waals surface area contributed by atoms with Gasteiger partial charge < -0.3 is 23.8 Å². The molecule has 1 aromatic carbocycles. The molecular weight excluding hydrogens is 386 g/mol. The SMILES string of the molecule is COC(=O)c1ccc(OC2CO[C@H]3CN(c4nc(C)nc(C)c4C)C[C@@H]3OC2)cc1. The monoisotopic (exact) mass is 413 g/mol. The van der Waals surface area contributed by atoms with Crippen LogP contribution in [0, 0.1) is 20.8 Å². The summed E-state index contributed by atoms with van der Waals surface area (Å²) in [7, 11) is 1.36.